The first-order chi connectivity index (χ1) is 16.9. The maximum atomic E-state index is 10.4. The molecule has 0 saturated heterocycles. The Balaban J connectivity index is 1.65. The number of hydrogen-bond donors (Lipinski definition) is 4. The van der Waals surface area contributed by atoms with E-state index in [0.717, 1.165) is 22.3 Å². The molecule has 0 aromatic heterocycles. The number of ether oxygens (including phenoxy) is 2. The summed E-state index contributed by atoms with van der Waals surface area (Å²) in [5, 5.41) is 40.4. The van der Waals surface area contributed by atoms with Crippen LogP contribution in [0.2, 0.25) is 0 Å². The first-order valence-electron chi connectivity index (χ1n) is 11.1. The Bertz CT molecular complexity index is 1370. The molecule has 1 heterocycles. The quantitative estimate of drug-likeness (QED) is 0.270. The summed E-state index contributed by atoms with van der Waals surface area (Å²) in [4.78, 5) is 0. The standard InChI is InChI=1S/C29H24O6/c1-34-25-10-6-18(7-11-25)29-28(20-13-22(31)15-23(32)14-20)27-19(12-24(33)16-26(27)35-29)5-2-17-3-8-21(30)9-4-17/h2-16,28-33H,1H3/b5-2+/t28-,29+/m0/s1. The van der Waals surface area contributed by atoms with Gasteiger partial charge < -0.3 is 29.9 Å². The van der Waals surface area contributed by atoms with Gasteiger partial charge in [0.25, 0.3) is 0 Å². The molecule has 0 fully saturated rings. The average molecular weight is 469 g/mol. The van der Waals surface area contributed by atoms with E-state index in [1.165, 1.54) is 6.07 Å². The number of phenols is 4. The minimum Gasteiger partial charge on any atom is -0.508 e. The topological polar surface area (TPSA) is 99.4 Å². The maximum Gasteiger partial charge on any atom is 0.135 e. The van der Waals surface area contributed by atoms with Gasteiger partial charge in [0.2, 0.25) is 0 Å². The van der Waals surface area contributed by atoms with Crippen LogP contribution >= 0.6 is 0 Å². The predicted octanol–water partition coefficient (Wildman–Crippen LogP) is 5.95. The minimum atomic E-state index is -0.472. The summed E-state index contributed by atoms with van der Waals surface area (Å²) in [7, 11) is 1.60. The van der Waals surface area contributed by atoms with Gasteiger partial charge in [-0.1, -0.05) is 36.4 Å². The number of methoxy groups -OCH3 is 1. The number of fused-ring (bicyclic) bond motifs is 1. The van der Waals surface area contributed by atoms with Crippen LogP contribution in [0.3, 0.4) is 0 Å². The second-order valence-electron chi connectivity index (χ2n) is 8.44. The molecule has 1 aliphatic heterocycles. The van der Waals surface area contributed by atoms with Crippen LogP contribution in [-0.2, 0) is 0 Å². The van der Waals surface area contributed by atoms with Crippen molar-refractivity contribution >= 4 is 12.2 Å². The molecule has 4 aromatic rings. The lowest BCUT2D eigenvalue weighted by Gasteiger charge is -2.21. The predicted molar refractivity (Wildman–Crippen MR) is 133 cm³/mol. The van der Waals surface area contributed by atoms with Gasteiger partial charge in [-0.15, -0.1) is 0 Å². The van der Waals surface area contributed by atoms with E-state index in [-0.39, 0.29) is 28.9 Å². The smallest absolute Gasteiger partial charge is 0.135 e. The van der Waals surface area contributed by atoms with Gasteiger partial charge in [-0.3, -0.25) is 0 Å². The van der Waals surface area contributed by atoms with Crippen LogP contribution in [0.4, 0.5) is 0 Å². The van der Waals surface area contributed by atoms with Gasteiger partial charge in [-0.25, -0.2) is 0 Å². The van der Waals surface area contributed by atoms with Crippen molar-refractivity contribution in [1.29, 1.82) is 0 Å². The van der Waals surface area contributed by atoms with Gasteiger partial charge in [-0.05, 0) is 64.7 Å². The summed E-state index contributed by atoms with van der Waals surface area (Å²) < 4.78 is 11.7. The zero-order valence-electron chi connectivity index (χ0n) is 18.9. The van der Waals surface area contributed by atoms with Crippen LogP contribution in [0.1, 0.15) is 39.8 Å². The molecule has 6 nitrogen and oxygen atoms in total. The fourth-order valence-electron chi connectivity index (χ4n) is 4.52. The molecular weight excluding hydrogens is 444 g/mol. The van der Waals surface area contributed by atoms with Gasteiger partial charge in [0.1, 0.15) is 40.6 Å². The SMILES string of the molecule is COc1ccc([C@H]2Oc3cc(O)cc(/C=C/c4ccc(O)cc4)c3[C@@H]2c2cc(O)cc(O)c2)cc1. The first-order valence-corrected chi connectivity index (χ1v) is 11.1. The molecule has 5 rings (SSSR count). The zero-order chi connectivity index (χ0) is 24.5. The summed E-state index contributed by atoms with van der Waals surface area (Å²) in [5.74, 6) is 0.983. The molecule has 0 amide bonds. The van der Waals surface area contributed by atoms with E-state index < -0.39 is 6.10 Å². The zero-order valence-corrected chi connectivity index (χ0v) is 18.9. The Morgan fingerprint density at radius 3 is 2.00 bits per heavy atom. The molecule has 2 atom stereocenters. The third-order valence-electron chi connectivity index (χ3n) is 6.10. The second-order valence-corrected chi connectivity index (χ2v) is 8.44. The molecule has 6 heteroatoms. The highest BCUT2D eigenvalue weighted by Gasteiger charge is 2.39. The summed E-state index contributed by atoms with van der Waals surface area (Å²) in [6, 6.07) is 22.0. The average Bonchev–Trinajstić information content (AvgIpc) is 3.22. The summed E-state index contributed by atoms with van der Waals surface area (Å²) in [5.41, 5.74) is 3.98. The van der Waals surface area contributed by atoms with Crippen molar-refractivity contribution in [2.24, 2.45) is 0 Å². The number of rotatable bonds is 5. The Labute approximate surface area is 202 Å². The highest BCUT2D eigenvalue weighted by molar-refractivity contribution is 5.75. The highest BCUT2D eigenvalue weighted by atomic mass is 16.5. The fraction of sp³-hybridized carbons (Fsp3) is 0.103. The van der Waals surface area contributed by atoms with Crippen molar-refractivity contribution in [2.45, 2.75) is 12.0 Å². The number of aromatic hydroxyl groups is 4. The lowest BCUT2D eigenvalue weighted by molar-refractivity contribution is 0.221. The second kappa shape index (κ2) is 8.99. The van der Waals surface area contributed by atoms with Gasteiger partial charge in [0, 0.05) is 17.7 Å². The van der Waals surface area contributed by atoms with Gasteiger partial charge >= 0.3 is 0 Å². The Morgan fingerprint density at radius 1 is 0.686 bits per heavy atom. The van der Waals surface area contributed by atoms with Crippen LogP contribution in [0.5, 0.6) is 34.5 Å². The molecule has 0 saturated carbocycles. The van der Waals surface area contributed by atoms with Crippen molar-refractivity contribution in [1.82, 2.24) is 0 Å². The first kappa shape index (κ1) is 22.2. The normalized spacial score (nSPS) is 16.7. The van der Waals surface area contributed by atoms with Crippen LogP contribution in [0.25, 0.3) is 12.2 Å². The molecule has 1 aliphatic rings. The summed E-state index contributed by atoms with van der Waals surface area (Å²) >= 11 is 0. The molecule has 0 aliphatic carbocycles. The molecule has 0 bridgehead atoms. The molecule has 35 heavy (non-hydrogen) atoms. The molecule has 4 N–H and O–H groups in total. The molecular formula is C29H24O6. The minimum absolute atomic E-state index is 0.0538. The third kappa shape index (κ3) is 4.46. The Hall–Kier alpha value is -4.58. The highest BCUT2D eigenvalue weighted by Crippen LogP contribution is 2.53. The third-order valence-corrected chi connectivity index (χ3v) is 6.10. The van der Waals surface area contributed by atoms with E-state index in [4.69, 9.17) is 9.47 Å². The Morgan fingerprint density at radius 2 is 1.34 bits per heavy atom. The van der Waals surface area contributed by atoms with E-state index in [2.05, 4.69) is 0 Å². The molecule has 0 spiro atoms. The summed E-state index contributed by atoms with van der Waals surface area (Å²) in [6.07, 6.45) is 3.28. The van der Waals surface area contributed by atoms with Crippen molar-refractivity contribution in [3.05, 3.63) is 107 Å². The molecule has 0 unspecified atom stereocenters. The van der Waals surface area contributed by atoms with E-state index in [1.54, 1.807) is 55.6 Å². The molecule has 4 aromatic carbocycles. The van der Waals surface area contributed by atoms with Crippen LogP contribution in [-0.4, -0.2) is 27.5 Å². The number of benzene rings is 4. The van der Waals surface area contributed by atoms with E-state index >= 15 is 0 Å². The fourth-order valence-corrected chi connectivity index (χ4v) is 4.52. The van der Waals surface area contributed by atoms with E-state index in [1.807, 2.05) is 36.4 Å². The lowest BCUT2D eigenvalue weighted by Crippen LogP contribution is -2.12. The summed E-state index contributed by atoms with van der Waals surface area (Å²) in [6.45, 7) is 0. The number of hydrogen-bond acceptors (Lipinski definition) is 6. The van der Waals surface area contributed by atoms with Gasteiger partial charge in [0.05, 0.1) is 13.0 Å². The van der Waals surface area contributed by atoms with Crippen molar-refractivity contribution in [3.8, 4) is 34.5 Å². The maximum absolute atomic E-state index is 10.4. The van der Waals surface area contributed by atoms with Crippen molar-refractivity contribution < 1.29 is 29.9 Å². The largest absolute Gasteiger partial charge is 0.508 e. The van der Waals surface area contributed by atoms with Gasteiger partial charge in [-0.2, -0.15) is 0 Å². The van der Waals surface area contributed by atoms with Crippen LogP contribution < -0.4 is 9.47 Å². The van der Waals surface area contributed by atoms with Crippen LogP contribution in [0.15, 0.2) is 78.9 Å². The monoisotopic (exact) mass is 468 g/mol. The van der Waals surface area contributed by atoms with Gasteiger partial charge in [0.15, 0.2) is 0 Å². The Kier molecular flexibility index (Phi) is 5.71. The molecule has 0 radical (unpaired) electrons. The lowest BCUT2D eigenvalue weighted by atomic mass is 9.82. The molecule has 176 valence electrons. The number of phenolic OH excluding ortho intramolecular Hbond substituents is 4. The van der Waals surface area contributed by atoms with E-state index in [9.17, 15) is 20.4 Å². The van der Waals surface area contributed by atoms with Crippen molar-refractivity contribution in [3.63, 3.8) is 0 Å². The van der Waals surface area contributed by atoms with Crippen molar-refractivity contribution in [2.75, 3.05) is 7.11 Å². The van der Waals surface area contributed by atoms with E-state index in [0.29, 0.717) is 17.1 Å². The van der Waals surface area contributed by atoms with Crippen LogP contribution in [0, 0.1) is 0 Å².